The predicted molar refractivity (Wildman–Crippen MR) is 99.0 cm³/mol. The van der Waals surface area contributed by atoms with E-state index in [0.717, 1.165) is 37.6 Å². The summed E-state index contributed by atoms with van der Waals surface area (Å²) in [5.74, 6) is 2.05. The Kier molecular flexibility index (Phi) is 4.81. The van der Waals surface area contributed by atoms with E-state index in [1.165, 1.54) is 6.33 Å². The summed E-state index contributed by atoms with van der Waals surface area (Å²) < 4.78 is 5.51. The van der Waals surface area contributed by atoms with Crippen LogP contribution in [0, 0.1) is 0 Å². The van der Waals surface area contributed by atoms with E-state index in [1.54, 1.807) is 6.20 Å². The summed E-state index contributed by atoms with van der Waals surface area (Å²) in [5, 5.41) is 4.70. The van der Waals surface area contributed by atoms with Crippen molar-refractivity contribution in [1.29, 1.82) is 0 Å². The summed E-state index contributed by atoms with van der Waals surface area (Å²) in [4.78, 5) is 17.3. The molecule has 1 aliphatic rings. The minimum atomic E-state index is 0.0583. The molecule has 8 heteroatoms. The van der Waals surface area contributed by atoms with Crippen LogP contribution < -0.4 is 4.90 Å². The van der Waals surface area contributed by atoms with Gasteiger partial charge in [0.05, 0.1) is 12.2 Å². The number of hydrogen-bond acceptors (Lipinski definition) is 7. The van der Waals surface area contributed by atoms with Gasteiger partial charge in [-0.2, -0.15) is 4.98 Å². The highest BCUT2D eigenvalue weighted by Gasteiger charge is 2.27. The van der Waals surface area contributed by atoms with Crippen LogP contribution in [0.5, 0.6) is 0 Å². The van der Waals surface area contributed by atoms with Crippen LogP contribution in [0.1, 0.15) is 18.9 Å². The molecule has 1 saturated heterocycles. The highest BCUT2D eigenvalue weighted by atomic mass is 35.5. The van der Waals surface area contributed by atoms with E-state index in [1.807, 2.05) is 30.3 Å². The SMILES string of the molecule is CC(c1nc(-c2ccccc2)no1)N1CCN(c2ncncc2Cl)CC1. The Morgan fingerprint density at radius 2 is 1.88 bits per heavy atom. The van der Waals surface area contributed by atoms with Crippen molar-refractivity contribution in [2.75, 3.05) is 31.1 Å². The van der Waals surface area contributed by atoms with Gasteiger partial charge in [0.1, 0.15) is 11.3 Å². The second-order valence-corrected chi connectivity index (χ2v) is 6.62. The molecule has 0 amide bonds. The van der Waals surface area contributed by atoms with Crippen LogP contribution in [0.3, 0.4) is 0 Å². The number of nitrogens with zero attached hydrogens (tertiary/aromatic N) is 6. The molecule has 134 valence electrons. The second kappa shape index (κ2) is 7.39. The predicted octanol–water partition coefficient (Wildman–Crippen LogP) is 3.06. The number of anilines is 1. The number of hydrogen-bond donors (Lipinski definition) is 0. The van der Waals surface area contributed by atoms with Gasteiger partial charge in [0.25, 0.3) is 0 Å². The van der Waals surface area contributed by atoms with Crippen LogP contribution in [0.4, 0.5) is 5.82 Å². The molecule has 1 atom stereocenters. The molecule has 0 aliphatic carbocycles. The van der Waals surface area contributed by atoms with E-state index in [0.29, 0.717) is 16.7 Å². The number of aromatic nitrogens is 4. The summed E-state index contributed by atoms with van der Waals surface area (Å²) in [5.41, 5.74) is 0.956. The fourth-order valence-corrected chi connectivity index (χ4v) is 3.35. The van der Waals surface area contributed by atoms with Gasteiger partial charge in [0.2, 0.25) is 11.7 Å². The maximum absolute atomic E-state index is 6.20. The summed E-state index contributed by atoms with van der Waals surface area (Å²) in [6, 6.07) is 9.91. The zero-order valence-corrected chi connectivity index (χ0v) is 15.2. The lowest BCUT2D eigenvalue weighted by molar-refractivity contribution is 0.164. The lowest BCUT2D eigenvalue weighted by Gasteiger charge is -2.37. The van der Waals surface area contributed by atoms with Gasteiger partial charge in [-0.15, -0.1) is 0 Å². The maximum atomic E-state index is 6.20. The normalized spacial score (nSPS) is 16.6. The van der Waals surface area contributed by atoms with E-state index >= 15 is 0 Å². The molecule has 0 saturated carbocycles. The molecular weight excluding hydrogens is 352 g/mol. The maximum Gasteiger partial charge on any atom is 0.244 e. The summed E-state index contributed by atoms with van der Waals surface area (Å²) in [7, 11) is 0. The van der Waals surface area contributed by atoms with Crippen molar-refractivity contribution in [2.24, 2.45) is 0 Å². The molecule has 3 heterocycles. The van der Waals surface area contributed by atoms with E-state index in [4.69, 9.17) is 16.1 Å². The first kappa shape index (κ1) is 16.9. The Bertz CT molecular complexity index is 863. The summed E-state index contributed by atoms with van der Waals surface area (Å²) >= 11 is 6.20. The number of halogens is 1. The molecule has 2 aromatic heterocycles. The first-order valence-electron chi connectivity index (χ1n) is 8.56. The zero-order chi connectivity index (χ0) is 17.9. The third kappa shape index (κ3) is 3.40. The Morgan fingerprint density at radius 1 is 1.12 bits per heavy atom. The molecule has 1 unspecified atom stereocenters. The molecular formula is C18H19ClN6O. The van der Waals surface area contributed by atoms with Crippen LogP contribution in [-0.2, 0) is 0 Å². The van der Waals surface area contributed by atoms with Crippen LogP contribution >= 0.6 is 11.6 Å². The molecule has 7 nitrogen and oxygen atoms in total. The average molecular weight is 371 g/mol. The zero-order valence-electron chi connectivity index (χ0n) is 14.4. The first-order chi connectivity index (χ1) is 12.7. The van der Waals surface area contributed by atoms with Gasteiger partial charge in [-0.1, -0.05) is 47.1 Å². The lowest BCUT2D eigenvalue weighted by atomic mass is 10.2. The van der Waals surface area contributed by atoms with E-state index in [-0.39, 0.29) is 6.04 Å². The van der Waals surface area contributed by atoms with Gasteiger partial charge in [0, 0.05) is 31.7 Å². The minimum Gasteiger partial charge on any atom is -0.353 e. The Morgan fingerprint density at radius 3 is 2.62 bits per heavy atom. The fourth-order valence-electron chi connectivity index (χ4n) is 3.13. The van der Waals surface area contributed by atoms with Crippen molar-refractivity contribution in [3.63, 3.8) is 0 Å². The average Bonchev–Trinajstić information content (AvgIpc) is 3.19. The summed E-state index contributed by atoms with van der Waals surface area (Å²) in [6.45, 7) is 5.49. The third-order valence-electron chi connectivity index (χ3n) is 4.64. The van der Waals surface area contributed by atoms with Crippen molar-refractivity contribution in [3.8, 4) is 11.4 Å². The molecule has 1 aromatic carbocycles. The van der Waals surface area contributed by atoms with Gasteiger partial charge in [-0.05, 0) is 6.92 Å². The minimum absolute atomic E-state index is 0.0583. The number of benzene rings is 1. The van der Waals surface area contributed by atoms with Crippen molar-refractivity contribution in [1.82, 2.24) is 25.0 Å². The van der Waals surface area contributed by atoms with Crippen molar-refractivity contribution in [3.05, 3.63) is 53.8 Å². The fraction of sp³-hybridized carbons (Fsp3) is 0.333. The monoisotopic (exact) mass is 370 g/mol. The molecule has 4 rings (SSSR count). The van der Waals surface area contributed by atoms with Gasteiger partial charge in [-0.3, -0.25) is 4.90 Å². The number of rotatable bonds is 4. The Labute approximate surface area is 156 Å². The Balaban J connectivity index is 1.42. The van der Waals surface area contributed by atoms with Gasteiger partial charge in [-0.25, -0.2) is 9.97 Å². The van der Waals surface area contributed by atoms with Crippen molar-refractivity contribution < 1.29 is 4.52 Å². The molecule has 0 spiro atoms. The molecule has 1 aliphatic heterocycles. The van der Waals surface area contributed by atoms with Crippen LogP contribution in [0.15, 0.2) is 47.4 Å². The van der Waals surface area contributed by atoms with Crippen molar-refractivity contribution in [2.45, 2.75) is 13.0 Å². The standard InChI is InChI=1S/C18H19ClN6O/c1-13(18-22-16(23-26-18)14-5-3-2-4-6-14)24-7-9-25(10-8-24)17-15(19)11-20-12-21-17/h2-6,11-13H,7-10H2,1H3. The smallest absolute Gasteiger partial charge is 0.244 e. The molecule has 0 N–H and O–H groups in total. The molecule has 26 heavy (non-hydrogen) atoms. The topological polar surface area (TPSA) is 71.2 Å². The Hall–Kier alpha value is -2.51. The van der Waals surface area contributed by atoms with E-state index in [9.17, 15) is 0 Å². The molecule has 1 fully saturated rings. The van der Waals surface area contributed by atoms with Crippen LogP contribution in [0.2, 0.25) is 5.02 Å². The lowest BCUT2D eigenvalue weighted by Crippen LogP contribution is -2.47. The third-order valence-corrected chi connectivity index (χ3v) is 4.91. The van der Waals surface area contributed by atoms with E-state index in [2.05, 4.69) is 36.8 Å². The van der Waals surface area contributed by atoms with Crippen molar-refractivity contribution >= 4 is 17.4 Å². The first-order valence-corrected chi connectivity index (χ1v) is 8.93. The molecule has 0 radical (unpaired) electrons. The highest BCUT2D eigenvalue weighted by Crippen LogP contribution is 2.26. The number of piperazine rings is 1. The van der Waals surface area contributed by atoms with E-state index < -0.39 is 0 Å². The second-order valence-electron chi connectivity index (χ2n) is 6.22. The largest absolute Gasteiger partial charge is 0.353 e. The van der Waals surface area contributed by atoms with Gasteiger partial charge >= 0.3 is 0 Å². The molecule has 3 aromatic rings. The highest BCUT2D eigenvalue weighted by molar-refractivity contribution is 6.32. The van der Waals surface area contributed by atoms with Gasteiger partial charge in [0.15, 0.2) is 5.82 Å². The summed E-state index contributed by atoms with van der Waals surface area (Å²) in [6.07, 6.45) is 3.15. The van der Waals surface area contributed by atoms with Gasteiger partial charge < -0.3 is 9.42 Å². The molecule has 0 bridgehead atoms. The van der Waals surface area contributed by atoms with Crippen LogP contribution in [0.25, 0.3) is 11.4 Å². The quantitative estimate of drug-likeness (QED) is 0.698. The van der Waals surface area contributed by atoms with Crippen LogP contribution in [-0.4, -0.2) is 51.2 Å².